The third-order valence-electron chi connectivity index (χ3n) is 6.66. The fourth-order valence-electron chi connectivity index (χ4n) is 4.82. The van der Waals surface area contributed by atoms with Crippen LogP contribution in [0.15, 0.2) is 126 Å². The summed E-state index contributed by atoms with van der Waals surface area (Å²) in [5, 5.41) is 9.11. The van der Waals surface area contributed by atoms with E-state index in [4.69, 9.17) is 9.40 Å². The molecule has 6 nitrogen and oxygen atoms in total. The molecule has 0 atom stereocenters. The Balaban J connectivity index is 0.000000205. The maximum Gasteiger partial charge on any atom is 0.121 e. The second kappa shape index (κ2) is 11.8. The van der Waals surface area contributed by atoms with Crippen molar-refractivity contribution in [3.05, 3.63) is 140 Å². The Kier molecular flexibility index (Phi) is 7.64. The van der Waals surface area contributed by atoms with Gasteiger partial charge in [0.25, 0.3) is 0 Å². The minimum absolute atomic E-state index is 0. The van der Waals surface area contributed by atoms with Crippen LogP contribution in [0.5, 0.6) is 0 Å². The smallest absolute Gasteiger partial charge is 0.121 e. The summed E-state index contributed by atoms with van der Waals surface area (Å²) in [6.07, 6.45) is 5.06. The van der Waals surface area contributed by atoms with E-state index in [1.165, 1.54) is 6.07 Å². The van der Waals surface area contributed by atoms with Gasteiger partial charge in [0.1, 0.15) is 5.58 Å². The first-order chi connectivity index (χ1) is 20.3. The van der Waals surface area contributed by atoms with Crippen molar-refractivity contribution in [1.29, 1.82) is 0 Å². The van der Waals surface area contributed by atoms with Gasteiger partial charge < -0.3 is 14.0 Å². The predicted molar refractivity (Wildman–Crippen MR) is 157 cm³/mol. The molecule has 8 heteroatoms. The number of hydrogen-bond donors (Lipinski definition) is 0. The summed E-state index contributed by atoms with van der Waals surface area (Å²) < 4.78 is 22.7. The summed E-state index contributed by atoms with van der Waals surface area (Å²) in [7, 11) is 0. The number of imidazole rings is 1. The van der Waals surface area contributed by atoms with Crippen LogP contribution in [0.4, 0.5) is 4.39 Å². The van der Waals surface area contributed by atoms with Gasteiger partial charge in [-0.15, -0.1) is 48.0 Å². The van der Waals surface area contributed by atoms with Gasteiger partial charge in [-0.25, -0.2) is 0 Å². The van der Waals surface area contributed by atoms with Gasteiger partial charge in [-0.3, -0.25) is 9.37 Å². The third kappa shape index (κ3) is 4.98. The fraction of sp³-hybridized carbons (Fsp3) is 0. The molecular weight excluding hydrogens is 706 g/mol. The minimum Gasteiger partial charge on any atom is -0.500 e. The summed E-state index contributed by atoms with van der Waals surface area (Å²) in [5.74, 6) is 0.212. The Labute approximate surface area is 253 Å². The van der Waals surface area contributed by atoms with E-state index in [-0.39, 0.29) is 25.9 Å². The maximum absolute atomic E-state index is 14.7. The molecule has 0 amide bonds. The molecule has 0 aliphatic rings. The molecular formula is C34H20FIrN5O-2. The van der Waals surface area contributed by atoms with Crippen LogP contribution in [-0.4, -0.2) is 24.7 Å². The minimum atomic E-state index is -0.376. The summed E-state index contributed by atoms with van der Waals surface area (Å²) in [6, 6.07) is 38.4. The number of para-hydroxylation sites is 2. The second-order valence-electron chi connectivity index (χ2n) is 9.17. The number of hydrogen-bond acceptors (Lipinski definition) is 5. The van der Waals surface area contributed by atoms with Gasteiger partial charge in [-0.1, -0.05) is 54.1 Å². The molecule has 8 aromatic rings. The molecule has 0 fully saturated rings. The molecule has 0 aliphatic carbocycles. The molecule has 42 heavy (non-hydrogen) atoms. The summed E-state index contributed by atoms with van der Waals surface area (Å²) >= 11 is 0. The number of fused-ring (bicyclic) bond motifs is 4. The van der Waals surface area contributed by atoms with Gasteiger partial charge in [0.15, 0.2) is 0 Å². The Morgan fingerprint density at radius 1 is 0.786 bits per heavy atom. The van der Waals surface area contributed by atoms with E-state index in [0.29, 0.717) is 33.5 Å². The Morgan fingerprint density at radius 3 is 2.38 bits per heavy atom. The third-order valence-corrected chi connectivity index (χ3v) is 6.66. The standard InChI is InChI=1S/C23H12FN4O.C11H8N.Ir/c24-17-11-10-16(22-21(17)15-8-4-5-9-20(15)29-22)23-27-18-12-25-26-13-19(18)28(23)14-6-2-1-3-7-14;1-2-6-10(7-3-1)11-8-4-5-9-12-11;/h1-9,11-13H;1-6,8-9H;/q2*-1;. The molecule has 0 saturated heterocycles. The number of pyridine rings is 1. The number of aromatic nitrogens is 5. The van der Waals surface area contributed by atoms with Crippen LogP contribution >= 0.6 is 0 Å². The van der Waals surface area contributed by atoms with E-state index >= 15 is 0 Å². The summed E-state index contributed by atoms with van der Waals surface area (Å²) in [4.78, 5) is 8.97. The zero-order chi connectivity index (χ0) is 27.6. The van der Waals surface area contributed by atoms with Crippen LogP contribution in [0, 0.1) is 17.9 Å². The number of nitrogens with zero attached hydrogens (tertiary/aromatic N) is 5. The first kappa shape index (κ1) is 27.1. The molecule has 0 aliphatic heterocycles. The first-order valence-electron chi connectivity index (χ1n) is 12.9. The molecule has 0 N–H and O–H groups in total. The van der Waals surface area contributed by atoms with Gasteiger partial charge in [-0.05, 0) is 35.3 Å². The van der Waals surface area contributed by atoms with E-state index in [9.17, 15) is 4.39 Å². The van der Waals surface area contributed by atoms with Crippen LogP contribution in [0.3, 0.4) is 0 Å². The second-order valence-corrected chi connectivity index (χ2v) is 9.17. The van der Waals surface area contributed by atoms with E-state index in [1.54, 1.807) is 18.6 Å². The zero-order valence-electron chi connectivity index (χ0n) is 21.9. The number of rotatable bonds is 3. The van der Waals surface area contributed by atoms with Crippen LogP contribution in [0.1, 0.15) is 0 Å². The van der Waals surface area contributed by atoms with Crippen LogP contribution in [-0.2, 0) is 20.1 Å². The van der Waals surface area contributed by atoms with Gasteiger partial charge in [0.2, 0.25) is 0 Å². The molecule has 0 spiro atoms. The zero-order valence-corrected chi connectivity index (χ0v) is 24.3. The van der Waals surface area contributed by atoms with Crippen molar-refractivity contribution in [3.63, 3.8) is 0 Å². The summed E-state index contributed by atoms with van der Waals surface area (Å²) in [6.45, 7) is 0. The van der Waals surface area contributed by atoms with Gasteiger partial charge in [0.05, 0.1) is 34.8 Å². The van der Waals surface area contributed by atoms with Crippen molar-refractivity contribution >= 4 is 33.0 Å². The van der Waals surface area contributed by atoms with E-state index in [2.05, 4.69) is 27.3 Å². The topological polar surface area (TPSA) is 69.6 Å². The van der Waals surface area contributed by atoms with Gasteiger partial charge in [-0.2, -0.15) is 10.2 Å². The average molecular weight is 726 g/mol. The molecule has 0 unspecified atom stereocenters. The molecule has 8 rings (SSSR count). The number of furan rings is 1. The van der Waals surface area contributed by atoms with Crippen molar-refractivity contribution in [2.24, 2.45) is 0 Å². The van der Waals surface area contributed by atoms with E-state index in [0.717, 1.165) is 27.8 Å². The Morgan fingerprint density at radius 2 is 1.57 bits per heavy atom. The number of halogens is 1. The van der Waals surface area contributed by atoms with Gasteiger partial charge >= 0.3 is 0 Å². The average Bonchev–Trinajstić information content (AvgIpc) is 3.63. The fourth-order valence-corrected chi connectivity index (χ4v) is 4.82. The predicted octanol–water partition coefficient (Wildman–Crippen LogP) is 7.87. The van der Waals surface area contributed by atoms with Crippen molar-refractivity contribution in [1.82, 2.24) is 24.7 Å². The molecule has 0 bridgehead atoms. The number of benzene rings is 4. The Hall–Kier alpha value is -5.04. The van der Waals surface area contributed by atoms with Crippen molar-refractivity contribution in [3.8, 4) is 28.3 Å². The quantitative estimate of drug-likeness (QED) is 0.174. The SMILES string of the molecule is Fc1c[c-]c(-c2nc3cnncc3n2-c2ccccc2)c2oc3ccccc3c12.[Ir].[c-]1ccccc1-c1ccccn1. The van der Waals surface area contributed by atoms with Crippen LogP contribution in [0.2, 0.25) is 0 Å². The largest absolute Gasteiger partial charge is 0.500 e. The van der Waals surface area contributed by atoms with Crippen molar-refractivity contribution < 1.29 is 28.9 Å². The van der Waals surface area contributed by atoms with Crippen molar-refractivity contribution in [2.45, 2.75) is 0 Å². The van der Waals surface area contributed by atoms with Crippen LogP contribution in [0.25, 0.3) is 61.3 Å². The summed E-state index contributed by atoms with van der Waals surface area (Å²) in [5.41, 5.74) is 6.01. The molecule has 1 radical (unpaired) electrons. The molecule has 0 saturated carbocycles. The molecule has 4 aromatic carbocycles. The Bertz CT molecular complexity index is 2080. The normalized spacial score (nSPS) is 10.8. The first-order valence-corrected chi connectivity index (χ1v) is 12.9. The van der Waals surface area contributed by atoms with Crippen molar-refractivity contribution in [2.75, 3.05) is 0 Å². The monoisotopic (exact) mass is 726 g/mol. The van der Waals surface area contributed by atoms with Crippen LogP contribution < -0.4 is 0 Å². The molecule has 205 valence electrons. The van der Waals surface area contributed by atoms with Gasteiger partial charge in [0, 0.05) is 43.2 Å². The van der Waals surface area contributed by atoms with E-state index in [1.807, 2.05) is 102 Å². The maximum atomic E-state index is 14.7. The molecule has 4 aromatic heterocycles. The molecule has 4 heterocycles. The van der Waals surface area contributed by atoms with E-state index < -0.39 is 0 Å².